The molecule has 3 aromatic rings. The van der Waals surface area contributed by atoms with E-state index in [1.807, 2.05) is 47.2 Å². The summed E-state index contributed by atoms with van der Waals surface area (Å²) < 4.78 is 8.54. The number of aromatic nitrogens is 3. The summed E-state index contributed by atoms with van der Waals surface area (Å²) >= 11 is 3.40. The Balaban J connectivity index is 1.47. The molecule has 6 nitrogen and oxygen atoms in total. The molecular formula is C18H17BrN4O2. The van der Waals surface area contributed by atoms with E-state index in [2.05, 4.69) is 31.4 Å². The van der Waals surface area contributed by atoms with Crippen molar-refractivity contribution in [3.8, 4) is 11.6 Å². The topological polar surface area (TPSA) is 73.0 Å². The smallest absolute Gasteiger partial charge is 0.264 e. The number of rotatable bonds is 5. The van der Waals surface area contributed by atoms with Crippen molar-refractivity contribution in [2.24, 2.45) is 0 Å². The second kappa shape index (κ2) is 6.84. The minimum absolute atomic E-state index is 0.116. The number of anilines is 1. The Hall–Kier alpha value is -2.41. The highest BCUT2D eigenvalue weighted by Gasteiger charge is 2.26. The molecule has 0 radical (unpaired) electrons. The van der Waals surface area contributed by atoms with E-state index in [1.165, 1.54) is 6.42 Å². The van der Waals surface area contributed by atoms with Gasteiger partial charge in [0.25, 0.3) is 5.89 Å². The molecule has 25 heavy (non-hydrogen) atoms. The predicted molar refractivity (Wildman–Crippen MR) is 97.1 cm³/mol. The third-order valence-corrected chi connectivity index (χ3v) is 4.86. The zero-order chi connectivity index (χ0) is 17.2. The SMILES string of the molecule is O=C(Cn1cccc1-c1nnc(C2CCC2)o1)Nc1cccc(Br)c1. The van der Waals surface area contributed by atoms with Crippen molar-refractivity contribution >= 4 is 27.5 Å². The third-order valence-electron chi connectivity index (χ3n) is 4.37. The van der Waals surface area contributed by atoms with E-state index in [0.29, 0.717) is 17.7 Å². The average molecular weight is 401 g/mol. The maximum atomic E-state index is 12.3. The number of hydrogen-bond acceptors (Lipinski definition) is 4. The molecule has 2 heterocycles. The first-order valence-corrected chi connectivity index (χ1v) is 9.03. The Morgan fingerprint density at radius 3 is 2.92 bits per heavy atom. The van der Waals surface area contributed by atoms with Gasteiger partial charge in [0.05, 0.1) is 0 Å². The van der Waals surface area contributed by atoms with Gasteiger partial charge in [0.1, 0.15) is 12.2 Å². The standard InChI is InChI=1S/C18H17BrN4O2/c19-13-6-2-7-14(10-13)20-16(24)11-23-9-3-8-15(23)18-22-21-17(25-18)12-4-1-5-12/h2-3,6-10,12H,1,4-5,11H2,(H,20,24). The Kier molecular flexibility index (Phi) is 4.40. The number of carbonyl (C=O) groups excluding carboxylic acids is 1. The van der Waals surface area contributed by atoms with Crippen LogP contribution in [0.25, 0.3) is 11.6 Å². The number of carbonyl (C=O) groups is 1. The summed E-state index contributed by atoms with van der Waals surface area (Å²) in [5, 5.41) is 11.2. The summed E-state index contributed by atoms with van der Waals surface area (Å²) in [6.07, 6.45) is 5.27. The summed E-state index contributed by atoms with van der Waals surface area (Å²) in [6.45, 7) is 0.177. The van der Waals surface area contributed by atoms with E-state index in [9.17, 15) is 4.79 Å². The van der Waals surface area contributed by atoms with E-state index in [-0.39, 0.29) is 12.5 Å². The van der Waals surface area contributed by atoms with Crippen molar-refractivity contribution in [1.82, 2.24) is 14.8 Å². The molecule has 1 amide bonds. The van der Waals surface area contributed by atoms with Crippen molar-refractivity contribution in [3.63, 3.8) is 0 Å². The maximum absolute atomic E-state index is 12.3. The number of nitrogens with one attached hydrogen (secondary N) is 1. The molecule has 1 aromatic carbocycles. The van der Waals surface area contributed by atoms with Crippen LogP contribution in [-0.4, -0.2) is 20.7 Å². The normalized spacial score (nSPS) is 14.3. The van der Waals surface area contributed by atoms with Crippen LogP contribution in [0.1, 0.15) is 31.1 Å². The molecule has 0 bridgehead atoms. The number of nitrogens with zero attached hydrogens (tertiary/aromatic N) is 3. The van der Waals surface area contributed by atoms with Gasteiger partial charge in [-0.05, 0) is 43.2 Å². The second-order valence-corrected chi connectivity index (χ2v) is 7.07. The maximum Gasteiger partial charge on any atom is 0.264 e. The highest BCUT2D eigenvalue weighted by molar-refractivity contribution is 9.10. The monoisotopic (exact) mass is 400 g/mol. The lowest BCUT2D eigenvalue weighted by atomic mass is 9.85. The molecule has 0 aliphatic heterocycles. The minimum Gasteiger partial charge on any atom is -0.419 e. The van der Waals surface area contributed by atoms with Crippen LogP contribution in [0.4, 0.5) is 5.69 Å². The van der Waals surface area contributed by atoms with Crippen molar-refractivity contribution in [2.45, 2.75) is 31.7 Å². The Bertz CT molecular complexity index is 898. The number of halogens is 1. The number of benzene rings is 1. The van der Waals surface area contributed by atoms with Gasteiger partial charge in [0, 0.05) is 22.3 Å². The molecule has 1 aliphatic rings. The molecule has 1 fully saturated rings. The summed E-state index contributed by atoms with van der Waals surface area (Å²) in [5.41, 5.74) is 1.50. The third kappa shape index (κ3) is 3.51. The van der Waals surface area contributed by atoms with Gasteiger partial charge in [-0.3, -0.25) is 4.79 Å². The van der Waals surface area contributed by atoms with Crippen LogP contribution in [0.3, 0.4) is 0 Å². The molecular weight excluding hydrogens is 384 g/mol. The van der Waals surface area contributed by atoms with Crippen molar-refractivity contribution in [3.05, 3.63) is 53.0 Å². The predicted octanol–water partition coefficient (Wildman–Crippen LogP) is 4.21. The van der Waals surface area contributed by atoms with E-state index < -0.39 is 0 Å². The average Bonchev–Trinajstić information content (AvgIpc) is 3.14. The first-order chi connectivity index (χ1) is 12.2. The van der Waals surface area contributed by atoms with Crippen LogP contribution >= 0.6 is 15.9 Å². The van der Waals surface area contributed by atoms with Crippen LogP contribution in [0.2, 0.25) is 0 Å². The van der Waals surface area contributed by atoms with Crippen LogP contribution in [0, 0.1) is 0 Å². The van der Waals surface area contributed by atoms with E-state index in [1.54, 1.807) is 0 Å². The second-order valence-electron chi connectivity index (χ2n) is 6.15. The van der Waals surface area contributed by atoms with E-state index in [0.717, 1.165) is 28.7 Å². The number of hydrogen-bond donors (Lipinski definition) is 1. The van der Waals surface area contributed by atoms with Gasteiger partial charge in [-0.15, -0.1) is 10.2 Å². The van der Waals surface area contributed by atoms with E-state index >= 15 is 0 Å². The molecule has 1 aliphatic carbocycles. The summed E-state index contributed by atoms with van der Waals surface area (Å²) in [7, 11) is 0. The first kappa shape index (κ1) is 16.1. The van der Waals surface area contributed by atoms with Gasteiger partial charge in [-0.2, -0.15) is 0 Å². The van der Waals surface area contributed by atoms with Gasteiger partial charge in [-0.25, -0.2) is 0 Å². The van der Waals surface area contributed by atoms with Crippen molar-refractivity contribution in [2.75, 3.05) is 5.32 Å². The highest BCUT2D eigenvalue weighted by atomic mass is 79.9. The zero-order valence-corrected chi connectivity index (χ0v) is 15.1. The molecule has 0 atom stereocenters. The van der Waals surface area contributed by atoms with Crippen molar-refractivity contribution in [1.29, 1.82) is 0 Å². The van der Waals surface area contributed by atoms with Crippen LogP contribution in [-0.2, 0) is 11.3 Å². The van der Waals surface area contributed by atoms with Gasteiger partial charge in [0.2, 0.25) is 11.8 Å². The molecule has 1 saturated carbocycles. The van der Waals surface area contributed by atoms with Crippen LogP contribution < -0.4 is 5.32 Å². The van der Waals surface area contributed by atoms with Gasteiger partial charge < -0.3 is 14.3 Å². The summed E-state index contributed by atoms with van der Waals surface area (Å²) in [5.74, 6) is 1.44. The van der Waals surface area contributed by atoms with Crippen LogP contribution in [0.5, 0.6) is 0 Å². The lowest BCUT2D eigenvalue weighted by molar-refractivity contribution is -0.116. The fraction of sp³-hybridized carbons (Fsp3) is 0.278. The van der Waals surface area contributed by atoms with E-state index in [4.69, 9.17) is 4.42 Å². The summed E-state index contributed by atoms with van der Waals surface area (Å²) in [4.78, 5) is 12.3. The van der Waals surface area contributed by atoms with Gasteiger partial charge >= 0.3 is 0 Å². The van der Waals surface area contributed by atoms with Gasteiger partial charge in [0.15, 0.2) is 0 Å². The molecule has 7 heteroatoms. The molecule has 0 unspecified atom stereocenters. The zero-order valence-electron chi connectivity index (χ0n) is 13.5. The highest BCUT2D eigenvalue weighted by Crippen LogP contribution is 2.36. The Morgan fingerprint density at radius 2 is 2.16 bits per heavy atom. The lowest BCUT2D eigenvalue weighted by Gasteiger charge is -2.20. The first-order valence-electron chi connectivity index (χ1n) is 8.23. The Morgan fingerprint density at radius 1 is 1.28 bits per heavy atom. The minimum atomic E-state index is -0.116. The lowest BCUT2D eigenvalue weighted by Crippen LogP contribution is -2.18. The number of amides is 1. The largest absolute Gasteiger partial charge is 0.419 e. The molecule has 4 rings (SSSR count). The summed E-state index contributed by atoms with van der Waals surface area (Å²) in [6, 6.07) is 11.2. The molecule has 0 saturated heterocycles. The van der Waals surface area contributed by atoms with Gasteiger partial charge in [-0.1, -0.05) is 28.4 Å². The molecule has 128 valence electrons. The Labute approximate surface area is 153 Å². The fourth-order valence-corrected chi connectivity index (χ4v) is 3.23. The fourth-order valence-electron chi connectivity index (χ4n) is 2.83. The molecule has 1 N–H and O–H groups in total. The molecule has 2 aromatic heterocycles. The molecule has 0 spiro atoms. The quantitative estimate of drug-likeness (QED) is 0.695. The van der Waals surface area contributed by atoms with Crippen molar-refractivity contribution < 1.29 is 9.21 Å². The van der Waals surface area contributed by atoms with Crippen LogP contribution in [0.15, 0.2) is 51.5 Å².